The normalized spacial score (nSPS) is 12.9. The second-order valence-electron chi connectivity index (χ2n) is 5.12. The molecule has 0 heterocycles. The van der Waals surface area contributed by atoms with Gasteiger partial charge in [0, 0.05) is 9.92 Å². The molecule has 1 N–H and O–H groups in total. The summed E-state index contributed by atoms with van der Waals surface area (Å²) in [5.41, 5.74) is 1.95. The Kier molecular flexibility index (Phi) is 4.49. The molecule has 2 aromatic rings. The summed E-state index contributed by atoms with van der Waals surface area (Å²) in [5, 5.41) is 9.79. The molecule has 0 amide bonds. The summed E-state index contributed by atoms with van der Waals surface area (Å²) in [5.74, 6) is -1.08. The van der Waals surface area contributed by atoms with Crippen LogP contribution in [0.5, 0.6) is 0 Å². The molecule has 0 aliphatic carbocycles. The maximum Gasteiger partial charge on any atom is 0.322 e. The van der Waals surface area contributed by atoms with Crippen LogP contribution in [0, 0.1) is 0 Å². The lowest BCUT2D eigenvalue weighted by atomic mass is 10.1. The molecule has 0 fully saturated rings. The van der Waals surface area contributed by atoms with Crippen molar-refractivity contribution in [3.05, 3.63) is 53.6 Å². The molecule has 0 spiro atoms. The number of hydrogen-bond acceptors (Lipinski definition) is 2. The van der Waals surface area contributed by atoms with E-state index in [0.717, 1.165) is 11.1 Å². The highest BCUT2D eigenvalue weighted by molar-refractivity contribution is 7.87. The van der Waals surface area contributed by atoms with Crippen LogP contribution in [0.15, 0.2) is 53.4 Å². The van der Waals surface area contributed by atoms with Crippen LogP contribution in [0.1, 0.15) is 13.8 Å². The molecule has 0 aliphatic heterocycles. The summed E-state index contributed by atoms with van der Waals surface area (Å²) in [6.45, 7) is 2.91. The van der Waals surface area contributed by atoms with Crippen molar-refractivity contribution in [1.29, 1.82) is 0 Å². The van der Waals surface area contributed by atoms with Crippen LogP contribution in [0.4, 0.5) is 0 Å². The zero-order valence-corrected chi connectivity index (χ0v) is 13.2. The van der Waals surface area contributed by atoms with E-state index >= 15 is 0 Å². The van der Waals surface area contributed by atoms with Gasteiger partial charge in [0.1, 0.15) is 4.75 Å². The lowest BCUT2D eigenvalue weighted by molar-refractivity contribution is -0.139. The molecule has 3 nitrogen and oxygen atoms in total. The van der Waals surface area contributed by atoms with Gasteiger partial charge in [-0.3, -0.25) is 9.00 Å². The van der Waals surface area contributed by atoms with Gasteiger partial charge < -0.3 is 5.11 Å². The molecule has 0 aliphatic rings. The molecular weight excluding hydrogens is 308 g/mol. The van der Waals surface area contributed by atoms with E-state index in [1.807, 2.05) is 24.3 Å². The number of halogens is 1. The predicted octanol–water partition coefficient (Wildman–Crippen LogP) is 3.98. The van der Waals surface area contributed by atoms with Crippen molar-refractivity contribution in [1.82, 2.24) is 0 Å². The molecular formula is C16H15ClO3S. The third kappa shape index (κ3) is 3.34. The molecule has 1 atom stereocenters. The third-order valence-corrected chi connectivity index (χ3v) is 5.28. The largest absolute Gasteiger partial charge is 0.480 e. The van der Waals surface area contributed by atoms with Gasteiger partial charge in [0.2, 0.25) is 0 Å². The lowest BCUT2D eigenvalue weighted by Crippen LogP contribution is -2.36. The number of carboxylic acids is 1. The van der Waals surface area contributed by atoms with Crippen molar-refractivity contribution in [2.24, 2.45) is 0 Å². The Morgan fingerprint density at radius 3 is 1.86 bits per heavy atom. The minimum absolute atomic E-state index is 0.500. The first kappa shape index (κ1) is 15.7. The van der Waals surface area contributed by atoms with Crippen molar-refractivity contribution in [3.8, 4) is 11.1 Å². The number of rotatable bonds is 4. The molecule has 5 heteroatoms. The van der Waals surface area contributed by atoms with Crippen LogP contribution in [0.3, 0.4) is 0 Å². The highest BCUT2D eigenvalue weighted by Crippen LogP contribution is 2.26. The van der Waals surface area contributed by atoms with Gasteiger partial charge in [-0.15, -0.1) is 0 Å². The molecule has 110 valence electrons. The van der Waals surface area contributed by atoms with Gasteiger partial charge in [0.15, 0.2) is 0 Å². The topological polar surface area (TPSA) is 54.4 Å². The van der Waals surface area contributed by atoms with Gasteiger partial charge in [-0.05, 0) is 49.2 Å². The van der Waals surface area contributed by atoms with Crippen molar-refractivity contribution in [2.45, 2.75) is 23.5 Å². The van der Waals surface area contributed by atoms with E-state index < -0.39 is 21.5 Å². The van der Waals surface area contributed by atoms with Gasteiger partial charge in [-0.2, -0.15) is 0 Å². The highest BCUT2D eigenvalue weighted by Gasteiger charge is 2.35. The van der Waals surface area contributed by atoms with Crippen LogP contribution in [0.2, 0.25) is 5.02 Å². The Hall–Kier alpha value is -1.65. The van der Waals surface area contributed by atoms with Crippen LogP contribution in [-0.4, -0.2) is 20.0 Å². The zero-order chi connectivity index (χ0) is 15.6. The Labute approximate surface area is 131 Å². The monoisotopic (exact) mass is 322 g/mol. The minimum Gasteiger partial charge on any atom is -0.480 e. The van der Waals surface area contributed by atoms with Crippen LogP contribution in [0.25, 0.3) is 11.1 Å². The van der Waals surface area contributed by atoms with E-state index in [1.54, 1.807) is 24.3 Å². The Balaban J connectivity index is 2.29. The SMILES string of the molecule is CC(C)(C(=O)O)S(=O)c1ccc(-c2ccc(Cl)cc2)cc1. The third-order valence-electron chi connectivity index (χ3n) is 3.22. The lowest BCUT2D eigenvalue weighted by Gasteiger charge is -2.18. The summed E-state index contributed by atoms with van der Waals surface area (Å²) >= 11 is 5.85. The van der Waals surface area contributed by atoms with Crippen molar-refractivity contribution < 1.29 is 14.1 Å². The van der Waals surface area contributed by atoms with Gasteiger partial charge in [-0.25, -0.2) is 0 Å². The predicted molar refractivity (Wildman–Crippen MR) is 85.0 cm³/mol. The molecule has 21 heavy (non-hydrogen) atoms. The average molecular weight is 323 g/mol. The molecule has 1 unspecified atom stereocenters. The average Bonchev–Trinajstić information content (AvgIpc) is 2.47. The summed E-state index contributed by atoms with van der Waals surface area (Å²) in [6, 6.07) is 14.5. The van der Waals surface area contributed by atoms with E-state index in [9.17, 15) is 9.00 Å². The first-order valence-corrected chi connectivity index (χ1v) is 7.86. The van der Waals surface area contributed by atoms with Crippen LogP contribution in [-0.2, 0) is 15.6 Å². The Morgan fingerprint density at radius 1 is 1.00 bits per heavy atom. The van der Waals surface area contributed by atoms with Gasteiger partial charge in [0.25, 0.3) is 0 Å². The van der Waals surface area contributed by atoms with Gasteiger partial charge >= 0.3 is 5.97 Å². The fourth-order valence-corrected chi connectivity index (χ4v) is 3.04. The Morgan fingerprint density at radius 2 is 1.43 bits per heavy atom. The van der Waals surface area contributed by atoms with E-state index in [0.29, 0.717) is 9.92 Å². The maximum absolute atomic E-state index is 12.3. The Bertz CT molecular complexity index is 676. The van der Waals surface area contributed by atoms with Crippen LogP contribution < -0.4 is 0 Å². The fourth-order valence-electron chi connectivity index (χ4n) is 1.79. The number of hydrogen-bond donors (Lipinski definition) is 1. The molecule has 0 aromatic heterocycles. The van der Waals surface area contributed by atoms with E-state index in [-0.39, 0.29) is 0 Å². The summed E-state index contributed by atoms with van der Waals surface area (Å²) in [7, 11) is -1.61. The van der Waals surface area contributed by atoms with E-state index in [1.165, 1.54) is 13.8 Å². The van der Waals surface area contributed by atoms with Crippen LogP contribution >= 0.6 is 11.6 Å². The first-order valence-electron chi connectivity index (χ1n) is 6.33. The summed E-state index contributed by atoms with van der Waals surface area (Å²) in [4.78, 5) is 11.7. The number of carboxylic acid groups (broad SMARTS) is 1. The smallest absolute Gasteiger partial charge is 0.322 e. The summed E-state index contributed by atoms with van der Waals surface area (Å²) in [6.07, 6.45) is 0. The van der Waals surface area contributed by atoms with Crippen molar-refractivity contribution >= 4 is 28.4 Å². The maximum atomic E-state index is 12.3. The molecule has 2 rings (SSSR count). The van der Waals surface area contributed by atoms with Gasteiger partial charge in [0.05, 0.1) is 10.8 Å². The van der Waals surface area contributed by atoms with Crippen molar-refractivity contribution in [2.75, 3.05) is 0 Å². The quantitative estimate of drug-likeness (QED) is 0.926. The molecule has 0 radical (unpaired) electrons. The molecule has 0 saturated heterocycles. The highest BCUT2D eigenvalue weighted by atomic mass is 35.5. The van der Waals surface area contributed by atoms with Crippen molar-refractivity contribution in [3.63, 3.8) is 0 Å². The number of aliphatic carboxylic acids is 1. The second-order valence-corrected chi connectivity index (χ2v) is 7.58. The zero-order valence-electron chi connectivity index (χ0n) is 11.7. The van der Waals surface area contributed by atoms with Gasteiger partial charge in [-0.1, -0.05) is 35.9 Å². The molecule has 2 aromatic carbocycles. The number of benzene rings is 2. The minimum atomic E-state index is -1.61. The van der Waals surface area contributed by atoms with E-state index in [2.05, 4.69) is 0 Å². The summed E-state index contributed by atoms with van der Waals surface area (Å²) < 4.78 is 11.0. The molecule has 0 bridgehead atoms. The fraction of sp³-hybridized carbons (Fsp3) is 0.188. The second kappa shape index (κ2) is 6.00. The number of carbonyl (C=O) groups is 1. The van der Waals surface area contributed by atoms with E-state index in [4.69, 9.17) is 16.7 Å². The molecule has 0 saturated carbocycles. The standard InChI is InChI=1S/C16H15ClO3S/c1-16(2,15(18)19)21(20)14-9-5-12(6-10-14)11-3-7-13(17)8-4-11/h3-10H,1-2H3,(H,18,19). The first-order chi connectivity index (χ1) is 9.82.